The highest BCUT2D eigenvalue weighted by atomic mass is 79.9. The van der Waals surface area contributed by atoms with E-state index in [4.69, 9.17) is 0 Å². The Morgan fingerprint density at radius 3 is 2.62 bits per heavy atom. The number of likely N-dealkylation sites (tertiary alicyclic amines) is 1. The maximum atomic E-state index is 13.6. The van der Waals surface area contributed by atoms with Crippen LogP contribution in [0.2, 0.25) is 0 Å². The van der Waals surface area contributed by atoms with E-state index >= 15 is 0 Å². The molecule has 1 aliphatic rings. The van der Waals surface area contributed by atoms with Gasteiger partial charge in [-0.1, -0.05) is 25.5 Å². The van der Waals surface area contributed by atoms with E-state index in [2.05, 4.69) is 27.8 Å². The molecule has 1 aliphatic heterocycles. The van der Waals surface area contributed by atoms with E-state index in [9.17, 15) is 9.18 Å². The molecule has 21 heavy (non-hydrogen) atoms. The number of hydrogen-bond donors (Lipinski definition) is 0. The monoisotopic (exact) mass is 355 g/mol. The van der Waals surface area contributed by atoms with Crippen LogP contribution in [0.25, 0.3) is 0 Å². The quantitative estimate of drug-likeness (QED) is 0.782. The number of benzene rings is 1. The van der Waals surface area contributed by atoms with Gasteiger partial charge in [-0.2, -0.15) is 0 Å². The van der Waals surface area contributed by atoms with Gasteiger partial charge in [-0.05, 0) is 66.8 Å². The SMILES string of the molecule is CCC(C)(C(=O)Cc1cccc(F)c1Br)N1CCCCC1. The molecule has 0 spiro atoms. The van der Waals surface area contributed by atoms with Crippen LogP contribution in [0.3, 0.4) is 0 Å². The van der Waals surface area contributed by atoms with Crippen molar-refractivity contribution in [2.24, 2.45) is 0 Å². The normalized spacial score (nSPS) is 19.2. The fourth-order valence-electron chi connectivity index (χ4n) is 3.03. The van der Waals surface area contributed by atoms with Crippen LogP contribution >= 0.6 is 15.9 Å². The molecule has 0 aromatic heterocycles. The summed E-state index contributed by atoms with van der Waals surface area (Å²) in [6.07, 6.45) is 4.64. The summed E-state index contributed by atoms with van der Waals surface area (Å²) in [6, 6.07) is 4.88. The predicted octanol–water partition coefficient (Wildman–Crippen LogP) is 4.35. The van der Waals surface area contributed by atoms with E-state index < -0.39 is 5.54 Å². The van der Waals surface area contributed by atoms with Crippen molar-refractivity contribution < 1.29 is 9.18 Å². The maximum absolute atomic E-state index is 13.6. The van der Waals surface area contributed by atoms with Gasteiger partial charge in [0.05, 0.1) is 10.0 Å². The lowest BCUT2D eigenvalue weighted by atomic mass is 9.86. The molecule has 2 nitrogen and oxygen atoms in total. The smallest absolute Gasteiger partial charge is 0.157 e. The Hall–Kier alpha value is -0.740. The van der Waals surface area contributed by atoms with Crippen LogP contribution in [0.1, 0.15) is 45.1 Å². The molecule has 1 unspecified atom stereocenters. The molecule has 1 atom stereocenters. The van der Waals surface area contributed by atoms with Crippen molar-refractivity contribution in [1.29, 1.82) is 0 Å². The third-order valence-corrected chi connectivity index (χ3v) is 5.61. The number of halogens is 2. The summed E-state index contributed by atoms with van der Waals surface area (Å²) in [4.78, 5) is 15.2. The Labute approximate surface area is 134 Å². The van der Waals surface area contributed by atoms with Crippen LogP contribution in [0.5, 0.6) is 0 Å². The van der Waals surface area contributed by atoms with Crippen LogP contribution in [-0.2, 0) is 11.2 Å². The van der Waals surface area contributed by atoms with Gasteiger partial charge in [0.15, 0.2) is 5.78 Å². The predicted molar refractivity (Wildman–Crippen MR) is 86.9 cm³/mol. The summed E-state index contributed by atoms with van der Waals surface area (Å²) in [5, 5.41) is 0. The molecule has 0 bridgehead atoms. The Morgan fingerprint density at radius 1 is 1.33 bits per heavy atom. The molecule has 0 radical (unpaired) electrons. The minimum atomic E-state index is -0.438. The van der Waals surface area contributed by atoms with Gasteiger partial charge in [0.1, 0.15) is 5.82 Å². The molecule has 116 valence electrons. The number of rotatable bonds is 5. The average molecular weight is 356 g/mol. The van der Waals surface area contributed by atoms with Gasteiger partial charge in [-0.15, -0.1) is 0 Å². The maximum Gasteiger partial charge on any atom is 0.157 e. The Kier molecular flexibility index (Phi) is 5.55. The molecule has 1 aromatic rings. The molecule has 1 heterocycles. The minimum absolute atomic E-state index is 0.179. The van der Waals surface area contributed by atoms with Crippen molar-refractivity contribution in [2.75, 3.05) is 13.1 Å². The van der Waals surface area contributed by atoms with Crippen molar-refractivity contribution in [3.63, 3.8) is 0 Å². The summed E-state index contributed by atoms with van der Waals surface area (Å²) in [6.45, 7) is 6.07. The minimum Gasteiger partial charge on any atom is -0.297 e. The zero-order valence-electron chi connectivity index (χ0n) is 12.8. The van der Waals surface area contributed by atoms with E-state index in [-0.39, 0.29) is 18.0 Å². The first kappa shape index (κ1) is 16.6. The van der Waals surface area contributed by atoms with E-state index in [0.29, 0.717) is 4.47 Å². The highest BCUT2D eigenvalue weighted by Gasteiger charge is 2.37. The van der Waals surface area contributed by atoms with E-state index in [0.717, 1.165) is 37.9 Å². The molecular weight excluding hydrogens is 333 g/mol. The second kappa shape index (κ2) is 7.01. The number of nitrogens with zero attached hydrogens (tertiary/aromatic N) is 1. The number of carbonyl (C=O) groups is 1. The molecule has 1 aromatic carbocycles. The summed E-state index contributed by atoms with van der Waals surface area (Å²) < 4.78 is 14.0. The van der Waals surface area contributed by atoms with E-state index in [1.165, 1.54) is 12.5 Å². The van der Waals surface area contributed by atoms with Gasteiger partial charge < -0.3 is 0 Å². The van der Waals surface area contributed by atoms with Crippen LogP contribution in [-0.4, -0.2) is 29.3 Å². The molecular formula is C17H23BrFNO. The lowest BCUT2D eigenvalue weighted by Gasteiger charge is -2.42. The number of piperidine rings is 1. The molecule has 0 amide bonds. The zero-order valence-corrected chi connectivity index (χ0v) is 14.4. The Morgan fingerprint density at radius 2 is 2.00 bits per heavy atom. The highest BCUT2D eigenvalue weighted by molar-refractivity contribution is 9.10. The van der Waals surface area contributed by atoms with E-state index in [1.54, 1.807) is 6.07 Å². The molecule has 1 fully saturated rings. The summed E-state index contributed by atoms with van der Waals surface area (Å²) in [5.41, 5.74) is 0.295. The molecule has 1 saturated heterocycles. The van der Waals surface area contributed by atoms with Crippen molar-refractivity contribution in [2.45, 2.75) is 51.5 Å². The molecule has 2 rings (SSSR count). The van der Waals surface area contributed by atoms with Crippen LogP contribution < -0.4 is 0 Å². The van der Waals surface area contributed by atoms with E-state index in [1.807, 2.05) is 13.0 Å². The van der Waals surface area contributed by atoms with Crippen molar-refractivity contribution >= 4 is 21.7 Å². The number of carbonyl (C=O) groups excluding carboxylic acids is 1. The molecule has 4 heteroatoms. The number of Topliss-reactive ketones (excluding diaryl/α,β-unsaturated/α-hetero) is 1. The second-order valence-corrected chi connectivity index (χ2v) is 6.78. The van der Waals surface area contributed by atoms with Crippen LogP contribution in [0.4, 0.5) is 4.39 Å². The van der Waals surface area contributed by atoms with Crippen molar-refractivity contribution in [1.82, 2.24) is 4.90 Å². The summed E-state index contributed by atoms with van der Waals surface area (Å²) >= 11 is 3.25. The Bertz CT molecular complexity index is 514. The number of hydrogen-bond acceptors (Lipinski definition) is 2. The molecule has 0 N–H and O–H groups in total. The lowest BCUT2D eigenvalue weighted by Crippen LogP contribution is -2.54. The lowest BCUT2D eigenvalue weighted by molar-refractivity contribution is -0.130. The average Bonchev–Trinajstić information content (AvgIpc) is 2.51. The fraction of sp³-hybridized carbons (Fsp3) is 0.588. The standard InChI is InChI=1S/C17H23BrFNO/c1-3-17(2,20-10-5-4-6-11-20)15(21)12-13-8-7-9-14(19)16(13)18/h7-9H,3-6,10-12H2,1-2H3. The highest BCUT2D eigenvalue weighted by Crippen LogP contribution is 2.28. The third-order valence-electron chi connectivity index (χ3n) is 4.73. The second-order valence-electron chi connectivity index (χ2n) is 5.99. The van der Waals surface area contributed by atoms with Gasteiger partial charge in [0.25, 0.3) is 0 Å². The number of ketones is 1. The topological polar surface area (TPSA) is 20.3 Å². The van der Waals surface area contributed by atoms with Gasteiger partial charge >= 0.3 is 0 Å². The largest absolute Gasteiger partial charge is 0.297 e. The first-order chi connectivity index (χ1) is 9.99. The van der Waals surface area contributed by atoms with Crippen LogP contribution in [0.15, 0.2) is 22.7 Å². The third kappa shape index (κ3) is 3.54. The summed E-state index contributed by atoms with van der Waals surface area (Å²) in [5.74, 6) is -0.130. The fourth-order valence-corrected chi connectivity index (χ4v) is 3.44. The van der Waals surface area contributed by atoms with Gasteiger partial charge in [0.2, 0.25) is 0 Å². The molecule has 0 aliphatic carbocycles. The Balaban J connectivity index is 2.17. The van der Waals surface area contributed by atoms with Gasteiger partial charge in [0, 0.05) is 6.42 Å². The first-order valence-corrected chi connectivity index (χ1v) is 8.49. The van der Waals surface area contributed by atoms with Gasteiger partial charge in [-0.25, -0.2) is 4.39 Å². The van der Waals surface area contributed by atoms with Crippen molar-refractivity contribution in [3.05, 3.63) is 34.1 Å². The first-order valence-electron chi connectivity index (χ1n) is 7.70. The molecule has 0 saturated carbocycles. The van der Waals surface area contributed by atoms with Crippen molar-refractivity contribution in [3.8, 4) is 0 Å². The summed E-state index contributed by atoms with van der Waals surface area (Å²) in [7, 11) is 0. The van der Waals surface area contributed by atoms with Crippen LogP contribution in [0, 0.1) is 5.82 Å². The van der Waals surface area contributed by atoms with Gasteiger partial charge in [-0.3, -0.25) is 9.69 Å². The zero-order chi connectivity index (χ0) is 15.5.